The second-order valence-electron chi connectivity index (χ2n) is 5.80. The van der Waals surface area contributed by atoms with Crippen LogP contribution in [0.3, 0.4) is 0 Å². The second kappa shape index (κ2) is 6.66. The van der Waals surface area contributed by atoms with Gasteiger partial charge in [0.15, 0.2) is 0 Å². The number of nitrogens with one attached hydrogen (secondary N) is 2. The highest BCUT2D eigenvalue weighted by atomic mass is 15.0. The van der Waals surface area contributed by atoms with Crippen molar-refractivity contribution in [2.45, 2.75) is 39.0 Å². The molecule has 2 nitrogen and oxygen atoms in total. The van der Waals surface area contributed by atoms with Gasteiger partial charge in [0, 0.05) is 12.2 Å². The quantitative estimate of drug-likeness (QED) is 0.793. The van der Waals surface area contributed by atoms with Crippen LogP contribution in [0.1, 0.15) is 37.3 Å². The van der Waals surface area contributed by atoms with Gasteiger partial charge in [-0.15, -0.1) is 0 Å². The average Bonchev–Trinajstić information content (AvgIpc) is 2.55. The standard InChI is InChI=1S/C19H24N2/c1-2-3-6-15-10-12-17(13-11-15)21-18-9-4-7-16-8-5-14-20-19(16)18/h4,7,9-13,20-21H,2-3,5-6,8,14H2,1H3. The van der Waals surface area contributed by atoms with Crippen LogP contribution in [-0.2, 0) is 12.8 Å². The number of benzene rings is 2. The zero-order chi connectivity index (χ0) is 14.5. The van der Waals surface area contributed by atoms with E-state index in [0.717, 1.165) is 12.2 Å². The summed E-state index contributed by atoms with van der Waals surface area (Å²) in [5, 5.41) is 7.08. The highest BCUT2D eigenvalue weighted by molar-refractivity contribution is 5.77. The van der Waals surface area contributed by atoms with E-state index in [4.69, 9.17) is 0 Å². The van der Waals surface area contributed by atoms with Gasteiger partial charge in [-0.1, -0.05) is 37.6 Å². The Hall–Kier alpha value is -1.96. The third-order valence-electron chi connectivity index (χ3n) is 4.13. The molecular formula is C19H24N2. The first-order valence-corrected chi connectivity index (χ1v) is 8.08. The SMILES string of the molecule is CCCCc1ccc(Nc2cccc3c2NCCC3)cc1. The van der Waals surface area contributed by atoms with Crippen LogP contribution in [0.4, 0.5) is 17.1 Å². The van der Waals surface area contributed by atoms with Gasteiger partial charge in [0.25, 0.3) is 0 Å². The lowest BCUT2D eigenvalue weighted by Crippen LogP contribution is -2.13. The van der Waals surface area contributed by atoms with Gasteiger partial charge in [-0.3, -0.25) is 0 Å². The van der Waals surface area contributed by atoms with Crippen molar-refractivity contribution in [1.29, 1.82) is 0 Å². The minimum absolute atomic E-state index is 1.07. The highest BCUT2D eigenvalue weighted by Gasteiger charge is 2.12. The van der Waals surface area contributed by atoms with E-state index < -0.39 is 0 Å². The van der Waals surface area contributed by atoms with Crippen LogP contribution in [0, 0.1) is 0 Å². The van der Waals surface area contributed by atoms with Crippen molar-refractivity contribution >= 4 is 17.1 Å². The Morgan fingerprint density at radius 3 is 2.76 bits per heavy atom. The van der Waals surface area contributed by atoms with Gasteiger partial charge in [0.1, 0.15) is 0 Å². The third kappa shape index (κ3) is 3.38. The van der Waals surface area contributed by atoms with Crippen molar-refractivity contribution in [2.75, 3.05) is 17.2 Å². The van der Waals surface area contributed by atoms with Crippen LogP contribution in [0.15, 0.2) is 42.5 Å². The van der Waals surface area contributed by atoms with Crippen LogP contribution in [0.25, 0.3) is 0 Å². The first kappa shape index (κ1) is 14.0. The molecule has 0 atom stereocenters. The maximum Gasteiger partial charge on any atom is 0.0622 e. The molecule has 0 amide bonds. The Labute approximate surface area is 127 Å². The lowest BCUT2D eigenvalue weighted by molar-refractivity contribution is 0.795. The number of rotatable bonds is 5. The Balaban J connectivity index is 1.74. The fourth-order valence-corrected chi connectivity index (χ4v) is 2.90. The molecule has 2 aromatic carbocycles. The molecule has 2 aromatic rings. The molecule has 2 heteroatoms. The fourth-order valence-electron chi connectivity index (χ4n) is 2.90. The lowest BCUT2D eigenvalue weighted by atomic mass is 10.0. The Morgan fingerprint density at radius 1 is 1.10 bits per heavy atom. The van der Waals surface area contributed by atoms with Gasteiger partial charge in [-0.25, -0.2) is 0 Å². The van der Waals surface area contributed by atoms with Crippen molar-refractivity contribution in [1.82, 2.24) is 0 Å². The van der Waals surface area contributed by atoms with E-state index in [1.807, 2.05) is 0 Å². The van der Waals surface area contributed by atoms with Crippen LogP contribution >= 0.6 is 0 Å². The molecule has 0 bridgehead atoms. The van der Waals surface area contributed by atoms with E-state index in [2.05, 4.69) is 60.0 Å². The van der Waals surface area contributed by atoms with Crippen molar-refractivity contribution < 1.29 is 0 Å². The number of para-hydroxylation sites is 1. The Morgan fingerprint density at radius 2 is 1.95 bits per heavy atom. The van der Waals surface area contributed by atoms with Gasteiger partial charge in [0.05, 0.1) is 11.4 Å². The molecule has 21 heavy (non-hydrogen) atoms. The predicted octanol–water partition coefficient (Wildman–Crippen LogP) is 5.13. The summed E-state index contributed by atoms with van der Waals surface area (Å²) in [5.41, 5.74) is 6.48. The molecule has 0 unspecified atom stereocenters. The maximum absolute atomic E-state index is 3.55. The van der Waals surface area contributed by atoms with Crippen molar-refractivity contribution in [3.8, 4) is 0 Å². The number of aryl methyl sites for hydroxylation is 2. The van der Waals surface area contributed by atoms with Gasteiger partial charge in [0.2, 0.25) is 0 Å². The first-order valence-electron chi connectivity index (χ1n) is 8.08. The molecule has 1 aliphatic heterocycles. The van der Waals surface area contributed by atoms with Crippen LogP contribution in [0.5, 0.6) is 0 Å². The zero-order valence-electron chi connectivity index (χ0n) is 12.8. The largest absolute Gasteiger partial charge is 0.383 e. The van der Waals surface area contributed by atoms with Crippen molar-refractivity contribution in [3.05, 3.63) is 53.6 Å². The number of hydrogen-bond acceptors (Lipinski definition) is 2. The molecule has 1 heterocycles. The number of hydrogen-bond donors (Lipinski definition) is 2. The topological polar surface area (TPSA) is 24.1 Å². The van der Waals surface area contributed by atoms with Crippen LogP contribution in [0.2, 0.25) is 0 Å². The number of fused-ring (bicyclic) bond motifs is 1. The highest BCUT2D eigenvalue weighted by Crippen LogP contribution is 2.32. The third-order valence-corrected chi connectivity index (χ3v) is 4.13. The summed E-state index contributed by atoms with van der Waals surface area (Å²) >= 11 is 0. The summed E-state index contributed by atoms with van der Waals surface area (Å²) in [6.45, 7) is 3.31. The zero-order valence-corrected chi connectivity index (χ0v) is 12.8. The smallest absolute Gasteiger partial charge is 0.0622 e. The minimum atomic E-state index is 1.07. The summed E-state index contributed by atoms with van der Waals surface area (Å²) in [7, 11) is 0. The molecule has 0 radical (unpaired) electrons. The Kier molecular flexibility index (Phi) is 4.44. The monoisotopic (exact) mass is 280 g/mol. The van der Waals surface area contributed by atoms with Crippen LogP contribution in [-0.4, -0.2) is 6.54 Å². The van der Waals surface area contributed by atoms with Crippen molar-refractivity contribution in [3.63, 3.8) is 0 Å². The molecule has 0 fully saturated rings. The maximum atomic E-state index is 3.55. The normalized spacial score (nSPS) is 13.4. The molecule has 0 aliphatic carbocycles. The van der Waals surface area contributed by atoms with Gasteiger partial charge in [-0.2, -0.15) is 0 Å². The molecular weight excluding hydrogens is 256 g/mol. The summed E-state index contributed by atoms with van der Waals surface area (Å²) in [4.78, 5) is 0. The summed E-state index contributed by atoms with van der Waals surface area (Å²) < 4.78 is 0. The molecule has 0 saturated heterocycles. The fraction of sp³-hybridized carbons (Fsp3) is 0.368. The molecule has 1 aliphatic rings. The van der Waals surface area contributed by atoms with Gasteiger partial charge in [-0.05, 0) is 55.0 Å². The van der Waals surface area contributed by atoms with Gasteiger partial charge >= 0.3 is 0 Å². The number of anilines is 3. The summed E-state index contributed by atoms with van der Waals surface area (Å²) in [6.07, 6.45) is 6.10. The van der Waals surface area contributed by atoms with Gasteiger partial charge < -0.3 is 10.6 Å². The molecule has 0 spiro atoms. The Bertz CT molecular complexity index is 587. The van der Waals surface area contributed by atoms with E-state index >= 15 is 0 Å². The molecule has 3 rings (SSSR count). The van der Waals surface area contributed by atoms with Crippen molar-refractivity contribution in [2.24, 2.45) is 0 Å². The van der Waals surface area contributed by atoms with E-state index in [1.165, 1.54) is 54.6 Å². The summed E-state index contributed by atoms with van der Waals surface area (Å²) in [5.74, 6) is 0. The molecule has 110 valence electrons. The predicted molar refractivity (Wildman–Crippen MR) is 91.6 cm³/mol. The minimum Gasteiger partial charge on any atom is -0.383 e. The second-order valence-corrected chi connectivity index (χ2v) is 5.80. The lowest BCUT2D eigenvalue weighted by Gasteiger charge is -2.22. The van der Waals surface area contributed by atoms with E-state index in [0.29, 0.717) is 0 Å². The number of unbranched alkanes of at least 4 members (excludes halogenated alkanes) is 1. The van der Waals surface area contributed by atoms with Crippen LogP contribution < -0.4 is 10.6 Å². The molecule has 0 aromatic heterocycles. The average molecular weight is 280 g/mol. The first-order chi connectivity index (χ1) is 10.4. The summed E-state index contributed by atoms with van der Waals surface area (Å²) in [6, 6.07) is 15.4. The molecule has 0 saturated carbocycles. The molecule has 2 N–H and O–H groups in total. The van der Waals surface area contributed by atoms with E-state index in [-0.39, 0.29) is 0 Å². The van der Waals surface area contributed by atoms with E-state index in [1.54, 1.807) is 0 Å². The van der Waals surface area contributed by atoms with E-state index in [9.17, 15) is 0 Å².